The van der Waals surface area contributed by atoms with Crippen molar-refractivity contribution in [2.45, 2.75) is 45.4 Å². The molecule has 0 spiro atoms. The molecule has 1 aliphatic carbocycles. The van der Waals surface area contributed by atoms with Crippen LogP contribution >= 0.6 is 41.9 Å². The van der Waals surface area contributed by atoms with Crippen molar-refractivity contribution in [3.63, 3.8) is 0 Å². The smallest absolute Gasteiger partial charge is 0.459 e. The second kappa shape index (κ2) is 11.6. The maximum atomic E-state index is 13.7. The fourth-order valence-electron chi connectivity index (χ4n) is 3.77. The van der Waals surface area contributed by atoms with Crippen LogP contribution in [0.4, 0.5) is 5.95 Å². The number of nitrogens with zero attached hydrogens (tertiary/aromatic N) is 4. The van der Waals surface area contributed by atoms with E-state index in [0.29, 0.717) is 23.3 Å². The van der Waals surface area contributed by atoms with E-state index in [9.17, 15) is 9.36 Å². The number of nitrogens with two attached hydrogens (primary N) is 1. The number of carbonyl (C=O) groups is 1. The number of fused-ring (bicyclic) bond motifs is 1. The van der Waals surface area contributed by atoms with Gasteiger partial charge in [0, 0.05) is 9.49 Å². The summed E-state index contributed by atoms with van der Waals surface area (Å²) in [5, 5.41) is 2.90. The highest BCUT2D eigenvalue weighted by Crippen LogP contribution is 2.46. The van der Waals surface area contributed by atoms with Gasteiger partial charge in [0.15, 0.2) is 10.8 Å². The minimum atomic E-state index is -3.96. The number of esters is 1. The van der Waals surface area contributed by atoms with Gasteiger partial charge in [-0.3, -0.25) is 9.32 Å². The van der Waals surface area contributed by atoms with Crippen molar-refractivity contribution in [1.82, 2.24) is 24.6 Å². The van der Waals surface area contributed by atoms with Crippen molar-refractivity contribution in [2.24, 2.45) is 5.92 Å². The molecule has 2 aromatic heterocycles. The summed E-state index contributed by atoms with van der Waals surface area (Å²) in [4.78, 5) is 24.9. The number of carbonyl (C=O) groups excluding carboxylic acids is 1. The molecule has 3 N–H and O–H groups in total. The Labute approximate surface area is 232 Å². The summed E-state index contributed by atoms with van der Waals surface area (Å²) >= 11 is 8.31. The van der Waals surface area contributed by atoms with Gasteiger partial charge >= 0.3 is 13.7 Å². The van der Waals surface area contributed by atoms with Crippen LogP contribution in [0.15, 0.2) is 42.7 Å². The molecule has 2 heterocycles. The summed E-state index contributed by atoms with van der Waals surface area (Å²) in [5.74, 6) is -0.242. The predicted octanol–water partition coefficient (Wildman–Crippen LogP) is 4.92. The van der Waals surface area contributed by atoms with Crippen molar-refractivity contribution < 1.29 is 23.1 Å². The fourth-order valence-corrected chi connectivity index (χ4v) is 5.89. The first-order valence-electron chi connectivity index (χ1n) is 11.5. The SMILES string of the molecule is CC(C)OC(=O)[C@H](C)NP(=O)(OC[C@@H]1C=C[C@H](n2cnc3c(Cl)nc(N)nc32)C1)Oc1ccc(I)cc1. The Morgan fingerprint density at radius 3 is 2.70 bits per heavy atom. The molecule has 198 valence electrons. The molecule has 0 radical (unpaired) electrons. The Bertz CT molecular complexity index is 1350. The van der Waals surface area contributed by atoms with Crippen molar-refractivity contribution in [3.8, 4) is 5.75 Å². The highest BCUT2D eigenvalue weighted by atomic mass is 127. The van der Waals surface area contributed by atoms with Crippen LogP contribution in [-0.2, 0) is 18.6 Å². The van der Waals surface area contributed by atoms with Crippen LogP contribution in [0.3, 0.4) is 0 Å². The van der Waals surface area contributed by atoms with Gasteiger partial charge in [-0.1, -0.05) is 23.8 Å². The Balaban J connectivity index is 1.46. The first kappa shape index (κ1) is 27.8. The summed E-state index contributed by atoms with van der Waals surface area (Å²) in [6, 6.07) is 6.00. The number of nitrogens with one attached hydrogen (secondary N) is 1. The van der Waals surface area contributed by atoms with E-state index in [1.807, 2.05) is 28.9 Å². The molecule has 1 aliphatic rings. The van der Waals surface area contributed by atoms with Gasteiger partial charge in [0.25, 0.3) is 0 Å². The third-order valence-corrected chi connectivity index (χ3v) is 8.08. The number of halogens is 2. The molecule has 0 aliphatic heterocycles. The first-order chi connectivity index (χ1) is 17.5. The molecular weight excluding hydrogens is 634 g/mol. The summed E-state index contributed by atoms with van der Waals surface area (Å²) in [6.07, 6.45) is 5.90. The Morgan fingerprint density at radius 1 is 1.27 bits per heavy atom. The maximum Gasteiger partial charge on any atom is 0.459 e. The molecule has 37 heavy (non-hydrogen) atoms. The van der Waals surface area contributed by atoms with Crippen molar-refractivity contribution in [3.05, 3.63) is 51.5 Å². The van der Waals surface area contributed by atoms with Gasteiger partial charge in [-0.25, -0.2) is 9.55 Å². The average Bonchev–Trinajstić information content (AvgIpc) is 3.46. The van der Waals surface area contributed by atoms with Crippen LogP contribution in [0, 0.1) is 9.49 Å². The monoisotopic (exact) mass is 660 g/mol. The van der Waals surface area contributed by atoms with Crippen molar-refractivity contribution in [2.75, 3.05) is 12.3 Å². The van der Waals surface area contributed by atoms with E-state index in [2.05, 4.69) is 42.6 Å². The Hall–Kier alpha value is -2.25. The van der Waals surface area contributed by atoms with E-state index < -0.39 is 19.8 Å². The molecule has 14 heteroatoms. The van der Waals surface area contributed by atoms with Gasteiger partial charge in [0.05, 0.1) is 25.1 Å². The average molecular weight is 661 g/mol. The van der Waals surface area contributed by atoms with E-state index in [-0.39, 0.29) is 35.8 Å². The summed E-state index contributed by atoms with van der Waals surface area (Å²) in [7, 11) is -3.96. The zero-order valence-corrected chi connectivity index (χ0v) is 24.2. The number of hydrogen-bond donors (Lipinski definition) is 2. The van der Waals surface area contributed by atoms with Gasteiger partial charge in [-0.05, 0) is 74.0 Å². The molecule has 4 rings (SSSR count). The largest absolute Gasteiger partial charge is 0.462 e. The number of nitrogen functional groups attached to an aromatic ring is 1. The molecule has 0 amide bonds. The topological polar surface area (TPSA) is 143 Å². The zero-order chi connectivity index (χ0) is 26.7. The minimum absolute atomic E-state index is 0.0611. The number of imidazole rings is 1. The van der Waals surface area contributed by atoms with Gasteiger partial charge in [0.1, 0.15) is 17.3 Å². The first-order valence-corrected chi connectivity index (χ1v) is 14.5. The van der Waals surface area contributed by atoms with Crippen LogP contribution in [0.2, 0.25) is 5.15 Å². The van der Waals surface area contributed by atoms with Crippen LogP contribution in [0.1, 0.15) is 33.2 Å². The molecule has 11 nitrogen and oxygen atoms in total. The highest BCUT2D eigenvalue weighted by molar-refractivity contribution is 14.1. The van der Waals surface area contributed by atoms with Crippen LogP contribution in [0.5, 0.6) is 5.75 Å². The van der Waals surface area contributed by atoms with E-state index in [0.717, 1.165) is 3.57 Å². The van der Waals surface area contributed by atoms with E-state index >= 15 is 0 Å². The molecule has 3 aromatic rings. The lowest BCUT2D eigenvalue weighted by Gasteiger charge is -2.24. The Kier molecular flexibility index (Phi) is 8.74. The van der Waals surface area contributed by atoms with Crippen molar-refractivity contribution in [1.29, 1.82) is 0 Å². The van der Waals surface area contributed by atoms with Gasteiger partial charge in [-0.2, -0.15) is 15.1 Å². The van der Waals surface area contributed by atoms with Gasteiger partial charge < -0.3 is 19.6 Å². The molecule has 0 saturated carbocycles. The lowest BCUT2D eigenvalue weighted by Crippen LogP contribution is -2.36. The maximum absolute atomic E-state index is 13.7. The van der Waals surface area contributed by atoms with E-state index in [1.165, 1.54) is 0 Å². The second-order valence-corrected chi connectivity index (χ2v) is 12.1. The molecule has 0 bridgehead atoms. The molecule has 1 aromatic carbocycles. The molecule has 0 fully saturated rings. The van der Waals surface area contributed by atoms with E-state index in [1.54, 1.807) is 39.2 Å². The fraction of sp³-hybridized carbons (Fsp3) is 0.391. The summed E-state index contributed by atoms with van der Waals surface area (Å²) < 4.78 is 33.4. The van der Waals surface area contributed by atoms with E-state index in [4.69, 9.17) is 31.1 Å². The zero-order valence-electron chi connectivity index (χ0n) is 20.4. The second-order valence-electron chi connectivity index (χ2n) is 8.82. The lowest BCUT2D eigenvalue weighted by atomic mass is 10.1. The normalized spacial score (nSPS) is 19.7. The number of aromatic nitrogens is 4. The van der Waals surface area contributed by atoms with Crippen LogP contribution in [-0.4, -0.2) is 44.2 Å². The standard InChI is InChI=1S/C23H27ClIN6O5P/c1-13(2)35-22(32)14(3)30-37(33,36-18-8-5-16(25)6-9-18)34-11-15-4-7-17(10-15)31-12-27-19-20(24)28-23(26)29-21(19)31/h4-9,12-15,17H,10-11H2,1-3H3,(H,30,33)(H2,26,28,29)/t14-,15+,17-,37?/m0/s1. The quantitative estimate of drug-likeness (QED) is 0.101. The molecular formula is C23H27ClIN6O5P. The van der Waals surface area contributed by atoms with Gasteiger partial charge in [0.2, 0.25) is 5.95 Å². The number of allylic oxidation sites excluding steroid dienone is 1. The van der Waals surface area contributed by atoms with Crippen molar-refractivity contribution >= 4 is 65.0 Å². The number of anilines is 1. The number of benzene rings is 1. The summed E-state index contributed by atoms with van der Waals surface area (Å²) in [6.45, 7) is 5.11. The Morgan fingerprint density at radius 2 is 2.00 bits per heavy atom. The van der Waals surface area contributed by atoms with Crippen LogP contribution in [0.25, 0.3) is 11.2 Å². The highest BCUT2D eigenvalue weighted by Gasteiger charge is 2.34. The molecule has 1 unspecified atom stereocenters. The number of rotatable bonds is 10. The lowest BCUT2D eigenvalue weighted by molar-refractivity contribution is -0.149. The third kappa shape index (κ3) is 6.99. The van der Waals surface area contributed by atoms with Crippen LogP contribution < -0.4 is 15.3 Å². The summed E-state index contributed by atoms with van der Waals surface area (Å²) in [5.41, 5.74) is 6.75. The third-order valence-electron chi connectivity index (χ3n) is 5.46. The molecule has 0 saturated heterocycles. The minimum Gasteiger partial charge on any atom is -0.462 e. The number of ether oxygens (including phenoxy) is 1. The molecule has 4 atom stereocenters. The number of hydrogen-bond acceptors (Lipinski definition) is 9. The predicted molar refractivity (Wildman–Crippen MR) is 148 cm³/mol. The van der Waals surface area contributed by atoms with Gasteiger partial charge in [-0.15, -0.1) is 0 Å².